The van der Waals surface area contributed by atoms with E-state index in [4.69, 9.17) is 14.6 Å². The molecule has 0 aliphatic carbocycles. The fourth-order valence-electron chi connectivity index (χ4n) is 3.30. The van der Waals surface area contributed by atoms with Gasteiger partial charge in [-0.25, -0.2) is 4.39 Å². The van der Waals surface area contributed by atoms with Gasteiger partial charge < -0.3 is 14.6 Å². The summed E-state index contributed by atoms with van der Waals surface area (Å²) in [7, 11) is 0. The van der Waals surface area contributed by atoms with Crippen LogP contribution in [0.4, 0.5) is 4.39 Å². The number of hydrogen-bond donors (Lipinski definition) is 1. The lowest BCUT2D eigenvalue weighted by Gasteiger charge is -2.44. The monoisotopic (exact) mass is 364 g/mol. The van der Waals surface area contributed by atoms with Gasteiger partial charge in [0, 0.05) is 17.9 Å². The van der Waals surface area contributed by atoms with Gasteiger partial charge in [0.1, 0.15) is 5.82 Å². The number of unbranched alkanes of at least 4 members (excludes halogenated alkanes) is 1. The van der Waals surface area contributed by atoms with Gasteiger partial charge in [0.15, 0.2) is 5.79 Å². The third kappa shape index (κ3) is 5.39. The van der Waals surface area contributed by atoms with Crippen molar-refractivity contribution in [1.82, 2.24) is 0 Å². The van der Waals surface area contributed by atoms with Crippen molar-refractivity contribution < 1.29 is 23.8 Å². The van der Waals surface area contributed by atoms with E-state index in [9.17, 15) is 9.18 Å². The normalized spacial score (nSPS) is 22.6. The van der Waals surface area contributed by atoms with Crippen LogP contribution in [0.15, 0.2) is 36.4 Å². The van der Waals surface area contributed by atoms with Crippen LogP contribution >= 0.6 is 0 Å². The standard InChI is InChI=1S/C21H29FO4/c1-3-21(4-2)25-15-16(11-7-5-6-8-14-19(23)24)20(26-21)17-12-9-10-13-18(17)22/h5,7,9-10,12-13,16,20H,3-4,6,8,11,14-15H2,1-2H3,(H,23,24)/t16-,20+/m1/s1. The number of aliphatic carboxylic acids is 1. The number of ether oxygens (including phenoxy) is 2. The van der Waals surface area contributed by atoms with Crippen LogP contribution in [0.3, 0.4) is 0 Å². The van der Waals surface area contributed by atoms with Gasteiger partial charge in [-0.1, -0.05) is 44.2 Å². The van der Waals surface area contributed by atoms with Crippen LogP contribution in [0.25, 0.3) is 0 Å². The fraction of sp³-hybridized carbons (Fsp3) is 0.571. The van der Waals surface area contributed by atoms with E-state index in [1.54, 1.807) is 12.1 Å². The van der Waals surface area contributed by atoms with Gasteiger partial charge in [0.2, 0.25) is 0 Å². The summed E-state index contributed by atoms with van der Waals surface area (Å²) in [6.45, 7) is 4.55. The number of halogens is 1. The highest BCUT2D eigenvalue weighted by molar-refractivity contribution is 5.66. The molecule has 144 valence electrons. The minimum atomic E-state index is -0.775. The van der Waals surface area contributed by atoms with Crippen LogP contribution in [-0.4, -0.2) is 23.5 Å². The van der Waals surface area contributed by atoms with Crippen molar-refractivity contribution in [2.45, 2.75) is 64.3 Å². The molecule has 1 aromatic rings. The molecule has 5 heteroatoms. The largest absolute Gasteiger partial charge is 0.481 e. The molecule has 1 N–H and O–H groups in total. The molecule has 1 aromatic carbocycles. The van der Waals surface area contributed by atoms with Gasteiger partial charge in [-0.2, -0.15) is 0 Å². The molecule has 0 aromatic heterocycles. The first-order chi connectivity index (χ1) is 12.5. The number of benzene rings is 1. The van der Waals surface area contributed by atoms with E-state index in [1.165, 1.54) is 6.07 Å². The molecule has 4 nitrogen and oxygen atoms in total. The first kappa shape index (κ1) is 20.6. The van der Waals surface area contributed by atoms with E-state index in [2.05, 4.69) is 0 Å². The second kappa shape index (κ2) is 9.83. The third-order valence-corrected chi connectivity index (χ3v) is 4.99. The SMILES string of the molecule is CCC1(CC)OC[C@@H](CC=CCCCC(=O)O)[C@@H](c2ccccc2F)O1. The van der Waals surface area contributed by atoms with Crippen molar-refractivity contribution >= 4 is 5.97 Å². The van der Waals surface area contributed by atoms with Gasteiger partial charge >= 0.3 is 5.97 Å². The molecular formula is C21H29FO4. The molecule has 1 heterocycles. The van der Waals surface area contributed by atoms with Crippen LogP contribution in [0, 0.1) is 11.7 Å². The molecule has 0 spiro atoms. The van der Waals surface area contributed by atoms with Crippen LogP contribution in [-0.2, 0) is 14.3 Å². The average Bonchev–Trinajstić information content (AvgIpc) is 2.65. The number of carboxylic acids is 1. The molecule has 0 radical (unpaired) electrons. The maximum atomic E-state index is 14.4. The Kier molecular flexibility index (Phi) is 7.79. The van der Waals surface area contributed by atoms with Crippen molar-refractivity contribution in [2.24, 2.45) is 5.92 Å². The summed E-state index contributed by atoms with van der Waals surface area (Å²) in [5, 5.41) is 8.66. The third-order valence-electron chi connectivity index (χ3n) is 4.99. The molecule has 1 fully saturated rings. The lowest BCUT2D eigenvalue weighted by molar-refractivity contribution is -0.316. The lowest BCUT2D eigenvalue weighted by Crippen LogP contribution is -2.45. The number of allylic oxidation sites excluding steroid dienone is 2. The summed E-state index contributed by atoms with van der Waals surface area (Å²) in [5.74, 6) is -1.67. The highest BCUT2D eigenvalue weighted by Gasteiger charge is 2.41. The van der Waals surface area contributed by atoms with E-state index in [0.29, 0.717) is 37.9 Å². The second-order valence-corrected chi connectivity index (χ2v) is 6.74. The minimum absolute atomic E-state index is 0.0221. The molecule has 0 amide bonds. The van der Waals surface area contributed by atoms with Crippen molar-refractivity contribution in [2.75, 3.05) is 6.61 Å². The smallest absolute Gasteiger partial charge is 0.303 e. The maximum Gasteiger partial charge on any atom is 0.303 e. The quantitative estimate of drug-likeness (QED) is 0.480. The highest BCUT2D eigenvalue weighted by atomic mass is 19.1. The highest BCUT2D eigenvalue weighted by Crippen LogP contribution is 2.42. The summed E-state index contributed by atoms with van der Waals surface area (Å²) < 4.78 is 26.7. The summed E-state index contributed by atoms with van der Waals surface area (Å²) in [5.41, 5.74) is 0.575. The van der Waals surface area contributed by atoms with E-state index < -0.39 is 11.8 Å². The lowest BCUT2D eigenvalue weighted by atomic mass is 9.90. The first-order valence-electron chi connectivity index (χ1n) is 9.44. The zero-order valence-electron chi connectivity index (χ0n) is 15.6. The van der Waals surface area contributed by atoms with Crippen LogP contribution in [0.2, 0.25) is 0 Å². The topological polar surface area (TPSA) is 55.8 Å². The van der Waals surface area contributed by atoms with Crippen molar-refractivity contribution in [3.8, 4) is 0 Å². The predicted molar refractivity (Wildman–Crippen MR) is 98.2 cm³/mol. The molecule has 0 bridgehead atoms. The molecule has 1 aliphatic heterocycles. The zero-order valence-corrected chi connectivity index (χ0v) is 15.6. The zero-order chi connectivity index (χ0) is 19.0. The van der Waals surface area contributed by atoms with Gasteiger partial charge in [0.25, 0.3) is 0 Å². The molecule has 0 unspecified atom stereocenters. The Hall–Kier alpha value is -1.72. The summed E-state index contributed by atoms with van der Waals surface area (Å²) in [4.78, 5) is 10.5. The molecule has 1 saturated heterocycles. The van der Waals surface area contributed by atoms with Crippen molar-refractivity contribution in [3.63, 3.8) is 0 Å². The van der Waals surface area contributed by atoms with Crippen molar-refractivity contribution in [3.05, 3.63) is 47.8 Å². The number of hydrogen-bond acceptors (Lipinski definition) is 3. The maximum absolute atomic E-state index is 14.4. The van der Waals surface area contributed by atoms with E-state index in [0.717, 1.165) is 6.42 Å². The van der Waals surface area contributed by atoms with Crippen molar-refractivity contribution in [1.29, 1.82) is 0 Å². The average molecular weight is 364 g/mol. The Labute approximate surface area is 155 Å². The molecule has 0 saturated carbocycles. The minimum Gasteiger partial charge on any atom is -0.481 e. The van der Waals surface area contributed by atoms with Crippen LogP contribution in [0.5, 0.6) is 0 Å². The summed E-state index contributed by atoms with van der Waals surface area (Å²) >= 11 is 0. The van der Waals surface area contributed by atoms with Gasteiger partial charge in [-0.3, -0.25) is 4.79 Å². The second-order valence-electron chi connectivity index (χ2n) is 6.74. The van der Waals surface area contributed by atoms with Gasteiger partial charge in [-0.05, 0) is 38.2 Å². The summed E-state index contributed by atoms with van der Waals surface area (Å²) in [6.07, 6.45) is 7.31. The van der Waals surface area contributed by atoms with Gasteiger partial charge in [-0.15, -0.1) is 0 Å². The molecule has 26 heavy (non-hydrogen) atoms. The molecule has 1 aliphatic rings. The fourth-order valence-corrected chi connectivity index (χ4v) is 3.30. The molecule has 2 atom stereocenters. The first-order valence-corrected chi connectivity index (χ1v) is 9.44. The van der Waals surface area contributed by atoms with E-state index >= 15 is 0 Å². The Morgan fingerprint density at radius 2 is 2.04 bits per heavy atom. The van der Waals surface area contributed by atoms with E-state index in [-0.39, 0.29) is 24.3 Å². The molecular weight excluding hydrogens is 335 g/mol. The number of rotatable bonds is 9. The summed E-state index contributed by atoms with van der Waals surface area (Å²) in [6, 6.07) is 6.76. The Morgan fingerprint density at radius 3 is 2.69 bits per heavy atom. The van der Waals surface area contributed by atoms with Crippen LogP contribution in [0.1, 0.15) is 64.0 Å². The number of carboxylic acid groups (broad SMARTS) is 1. The predicted octanol–water partition coefficient (Wildman–Crippen LogP) is 5.25. The Balaban J connectivity index is 2.07. The van der Waals surface area contributed by atoms with Gasteiger partial charge in [0.05, 0.1) is 12.7 Å². The molecule has 2 rings (SSSR count). The Bertz CT molecular complexity index is 610. The Morgan fingerprint density at radius 1 is 1.31 bits per heavy atom. The van der Waals surface area contributed by atoms with E-state index in [1.807, 2.05) is 32.1 Å². The number of carbonyl (C=O) groups is 1. The van der Waals surface area contributed by atoms with Crippen LogP contribution < -0.4 is 0 Å².